The highest BCUT2D eigenvalue weighted by Gasteiger charge is 2.49. The molecule has 9 heteroatoms. The molecule has 0 spiro atoms. The highest BCUT2D eigenvalue weighted by molar-refractivity contribution is 5.78. The third kappa shape index (κ3) is 4.64. The molecule has 0 unspecified atom stereocenters. The van der Waals surface area contributed by atoms with Gasteiger partial charge in [-0.3, -0.25) is 4.79 Å². The fraction of sp³-hybridized carbons (Fsp3) is 0.818. The van der Waals surface area contributed by atoms with Crippen LogP contribution in [0, 0.1) is 5.92 Å². The highest BCUT2D eigenvalue weighted by Crippen LogP contribution is 2.34. The van der Waals surface area contributed by atoms with E-state index in [0.29, 0.717) is 0 Å². The molecule has 1 rings (SSSR count). The Morgan fingerprint density at radius 3 is 2.50 bits per heavy atom. The van der Waals surface area contributed by atoms with E-state index >= 15 is 0 Å². The van der Waals surface area contributed by atoms with Crippen molar-refractivity contribution in [2.75, 3.05) is 19.8 Å². The smallest absolute Gasteiger partial charge is 0.394 e. The molecule has 0 aromatic carbocycles. The Morgan fingerprint density at radius 2 is 2.05 bits per heavy atom. The highest BCUT2D eigenvalue weighted by atomic mass is 19.4. The van der Waals surface area contributed by atoms with Gasteiger partial charge in [-0.25, -0.2) is 4.79 Å². The van der Waals surface area contributed by atoms with Gasteiger partial charge in [0.05, 0.1) is 25.7 Å². The number of rotatable bonds is 7. The van der Waals surface area contributed by atoms with Crippen molar-refractivity contribution in [2.24, 2.45) is 5.92 Å². The zero-order valence-electron chi connectivity index (χ0n) is 10.8. The molecule has 116 valence electrons. The van der Waals surface area contributed by atoms with E-state index in [1.165, 1.54) is 6.92 Å². The summed E-state index contributed by atoms with van der Waals surface area (Å²) in [4.78, 5) is 22.0. The lowest BCUT2D eigenvalue weighted by Crippen LogP contribution is -2.50. The number of carbonyl (C=O) groups excluding carboxylic acids is 2. The average molecular weight is 299 g/mol. The minimum absolute atomic E-state index is 0.0384. The minimum Gasteiger partial charge on any atom is -0.464 e. The first-order chi connectivity index (χ1) is 9.40. The Morgan fingerprint density at radius 1 is 1.45 bits per heavy atom. The van der Waals surface area contributed by atoms with E-state index in [4.69, 9.17) is 9.47 Å². The van der Waals surface area contributed by atoms with Crippen molar-refractivity contribution in [1.29, 1.82) is 0 Å². The summed E-state index contributed by atoms with van der Waals surface area (Å²) in [6.07, 6.45) is -6.31. The van der Waals surface area contributed by atoms with Gasteiger partial charge in [0.15, 0.2) is 6.29 Å². The summed E-state index contributed by atoms with van der Waals surface area (Å²) in [5, 5.41) is 1.86. The van der Waals surface area contributed by atoms with Crippen molar-refractivity contribution < 1.29 is 37.0 Å². The van der Waals surface area contributed by atoms with Crippen LogP contribution < -0.4 is 5.32 Å². The van der Waals surface area contributed by atoms with Crippen LogP contribution in [-0.2, 0) is 23.8 Å². The molecular formula is C11H16F3NO5. The number of esters is 1. The lowest BCUT2D eigenvalue weighted by molar-refractivity contribution is -0.206. The van der Waals surface area contributed by atoms with E-state index < -0.39 is 36.8 Å². The number of nitrogens with one attached hydrogen (secondary N) is 1. The zero-order valence-corrected chi connectivity index (χ0v) is 10.8. The second-order valence-corrected chi connectivity index (χ2v) is 4.07. The van der Waals surface area contributed by atoms with Crippen LogP contribution in [0.15, 0.2) is 0 Å². The number of hydrogen-bond acceptors (Lipinski definition) is 5. The van der Waals surface area contributed by atoms with Gasteiger partial charge in [0.2, 0.25) is 6.41 Å². The van der Waals surface area contributed by atoms with Gasteiger partial charge in [-0.2, -0.15) is 13.2 Å². The Bertz CT molecular complexity index is 331. The summed E-state index contributed by atoms with van der Waals surface area (Å²) in [6.45, 7) is 1.76. The Kier molecular flexibility index (Phi) is 6.21. The van der Waals surface area contributed by atoms with Crippen molar-refractivity contribution in [1.82, 2.24) is 5.32 Å². The molecule has 1 aliphatic rings. The number of amides is 1. The molecule has 20 heavy (non-hydrogen) atoms. The second-order valence-electron chi connectivity index (χ2n) is 4.07. The third-order valence-corrected chi connectivity index (χ3v) is 2.75. The third-order valence-electron chi connectivity index (χ3n) is 2.75. The molecule has 0 bridgehead atoms. The zero-order chi connectivity index (χ0) is 15.2. The number of halogens is 3. The normalized spacial score (nSPS) is 19.4. The summed E-state index contributed by atoms with van der Waals surface area (Å²) in [5.41, 5.74) is 0. The molecule has 1 N–H and O–H groups in total. The van der Waals surface area contributed by atoms with Gasteiger partial charge in [0.25, 0.3) is 0 Å². The maximum atomic E-state index is 13.1. The topological polar surface area (TPSA) is 73.9 Å². The maximum Gasteiger partial charge on any atom is 0.394 e. The molecule has 0 radical (unpaired) electrons. The number of hydrogen-bond donors (Lipinski definition) is 1. The summed E-state index contributed by atoms with van der Waals surface area (Å²) < 4.78 is 53.7. The summed E-state index contributed by atoms with van der Waals surface area (Å²) in [5.74, 6) is -3.28. The molecule has 6 nitrogen and oxygen atoms in total. The van der Waals surface area contributed by atoms with Crippen molar-refractivity contribution in [2.45, 2.75) is 31.9 Å². The van der Waals surface area contributed by atoms with Crippen molar-refractivity contribution in [3.05, 3.63) is 0 Å². The van der Waals surface area contributed by atoms with E-state index in [1.807, 2.05) is 5.32 Å². The fourth-order valence-electron chi connectivity index (χ4n) is 1.86. The maximum absolute atomic E-state index is 13.1. The molecule has 1 saturated heterocycles. The van der Waals surface area contributed by atoms with Crippen LogP contribution >= 0.6 is 0 Å². The predicted molar refractivity (Wildman–Crippen MR) is 59.5 cm³/mol. The first-order valence-corrected chi connectivity index (χ1v) is 6.06. The van der Waals surface area contributed by atoms with Gasteiger partial charge in [-0.05, 0) is 6.92 Å². The van der Waals surface area contributed by atoms with Crippen LogP contribution in [0.2, 0.25) is 0 Å². The minimum atomic E-state index is -4.71. The quantitative estimate of drug-likeness (QED) is 0.550. The van der Waals surface area contributed by atoms with Gasteiger partial charge in [-0.15, -0.1) is 0 Å². The SMILES string of the molecule is CCOC(=O)[C@H](NC=O)[C@@H](CC1OCCO1)C(F)(F)F. The van der Waals surface area contributed by atoms with Gasteiger partial charge in [-0.1, -0.05) is 0 Å². The van der Waals surface area contributed by atoms with Crippen LogP contribution in [-0.4, -0.2) is 50.7 Å². The molecular weight excluding hydrogens is 283 g/mol. The van der Waals surface area contributed by atoms with E-state index in [-0.39, 0.29) is 26.2 Å². The van der Waals surface area contributed by atoms with E-state index in [2.05, 4.69) is 4.74 Å². The molecule has 0 aliphatic carbocycles. The molecule has 1 heterocycles. The van der Waals surface area contributed by atoms with Crippen molar-refractivity contribution in [3.63, 3.8) is 0 Å². The van der Waals surface area contributed by atoms with Crippen LogP contribution in [0.3, 0.4) is 0 Å². The molecule has 0 aromatic heterocycles. The monoisotopic (exact) mass is 299 g/mol. The standard InChI is InChI=1S/C11H16F3NO5/c1-2-18-10(17)9(15-6-16)7(11(12,13)14)5-8-19-3-4-20-8/h6-9H,2-5H2,1H3,(H,15,16)/t7-,9-/m1/s1. The van der Waals surface area contributed by atoms with E-state index in [0.717, 1.165) is 0 Å². The Hall–Kier alpha value is -1.35. The average Bonchev–Trinajstić information content (AvgIpc) is 2.85. The lowest BCUT2D eigenvalue weighted by Gasteiger charge is -2.28. The van der Waals surface area contributed by atoms with Crippen LogP contribution in [0.5, 0.6) is 0 Å². The predicted octanol–water partition coefficient (Wildman–Crippen LogP) is 0.606. The van der Waals surface area contributed by atoms with Crippen molar-refractivity contribution >= 4 is 12.4 Å². The van der Waals surface area contributed by atoms with Gasteiger partial charge < -0.3 is 19.5 Å². The summed E-state index contributed by atoms with van der Waals surface area (Å²) in [6, 6.07) is -1.82. The number of alkyl halides is 3. The Labute approximate surface area is 113 Å². The molecule has 1 aliphatic heterocycles. The summed E-state index contributed by atoms with van der Waals surface area (Å²) in [7, 11) is 0. The number of ether oxygens (including phenoxy) is 3. The molecule has 1 amide bonds. The van der Waals surface area contributed by atoms with Crippen LogP contribution in [0.4, 0.5) is 13.2 Å². The molecule has 0 saturated carbocycles. The van der Waals surface area contributed by atoms with Crippen LogP contribution in [0.1, 0.15) is 13.3 Å². The number of carbonyl (C=O) groups is 2. The van der Waals surface area contributed by atoms with Crippen molar-refractivity contribution in [3.8, 4) is 0 Å². The lowest BCUT2D eigenvalue weighted by atomic mass is 9.95. The fourth-order valence-corrected chi connectivity index (χ4v) is 1.86. The second kappa shape index (κ2) is 7.44. The summed E-state index contributed by atoms with van der Waals surface area (Å²) >= 11 is 0. The first kappa shape index (κ1) is 16.7. The molecule has 1 fully saturated rings. The largest absolute Gasteiger partial charge is 0.464 e. The van der Waals surface area contributed by atoms with Crippen LogP contribution in [0.25, 0.3) is 0 Å². The van der Waals surface area contributed by atoms with E-state index in [9.17, 15) is 22.8 Å². The van der Waals surface area contributed by atoms with Gasteiger partial charge in [0, 0.05) is 6.42 Å². The molecule has 0 aromatic rings. The Balaban J connectivity index is 2.85. The van der Waals surface area contributed by atoms with Gasteiger partial charge >= 0.3 is 12.1 Å². The first-order valence-electron chi connectivity index (χ1n) is 6.06. The molecule has 2 atom stereocenters. The van der Waals surface area contributed by atoms with E-state index in [1.54, 1.807) is 0 Å². The van der Waals surface area contributed by atoms with Gasteiger partial charge in [0.1, 0.15) is 6.04 Å².